The minimum atomic E-state index is -0.0192. The molecular weight excluding hydrogens is 218 g/mol. The molecule has 1 amide bonds. The van der Waals surface area contributed by atoms with Crippen LogP contribution in [-0.4, -0.2) is 51.5 Å². The van der Waals surface area contributed by atoms with Crippen LogP contribution in [0, 0.1) is 0 Å². The summed E-state index contributed by atoms with van der Waals surface area (Å²) in [4.78, 5) is 15.6. The maximum absolute atomic E-state index is 12.3. The van der Waals surface area contributed by atoms with Crippen LogP contribution in [0.3, 0.4) is 0 Å². The summed E-state index contributed by atoms with van der Waals surface area (Å²) in [5, 5.41) is 11.3. The summed E-state index contributed by atoms with van der Waals surface area (Å²) in [5.74, 6) is -0.0192. The van der Waals surface area contributed by atoms with Crippen molar-refractivity contribution in [1.82, 2.24) is 25.2 Å². The number of rotatable bonds is 3. The molecule has 1 atom stereocenters. The summed E-state index contributed by atoms with van der Waals surface area (Å²) >= 11 is 0. The Bertz CT molecular complexity index is 383. The van der Waals surface area contributed by atoms with Crippen LogP contribution >= 0.6 is 0 Å². The molecule has 1 aromatic rings. The monoisotopic (exact) mass is 237 g/mol. The molecule has 2 heterocycles. The summed E-state index contributed by atoms with van der Waals surface area (Å²) in [7, 11) is 1.72. The van der Waals surface area contributed by atoms with Gasteiger partial charge in [-0.2, -0.15) is 9.90 Å². The second kappa shape index (κ2) is 5.27. The maximum Gasteiger partial charge on any atom is 0.276 e. The zero-order chi connectivity index (χ0) is 12.3. The Balaban J connectivity index is 2.09. The summed E-state index contributed by atoms with van der Waals surface area (Å²) in [5.41, 5.74) is 0.430. The number of nitrogens with one attached hydrogen (secondary N) is 1. The third-order valence-electron chi connectivity index (χ3n) is 3.13. The molecular formula is C11H19N5O. The molecule has 0 radical (unpaired) electrons. The zero-order valence-corrected chi connectivity index (χ0v) is 10.4. The highest BCUT2D eigenvalue weighted by molar-refractivity contribution is 5.92. The third-order valence-corrected chi connectivity index (χ3v) is 3.13. The van der Waals surface area contributed by atoms with Crippen molar-refractivity contribution in [3.63, 3.8) is 0 Å². The lowest BCUT2D eigenvalue weighted by molar-refractivity contribution is 0.0655. The highest BCUT2D eigenvalue weighted by atomic mass is 16.2. The van der Waals surface area contributed by atoms with E-state index in [9.17, 15) is 4.79 Å². The van der Waals surface area contributed by atoms with Gasteiger partial charge in [0.15, 0.2) is 5.69 Å². The number of carbonyl (C=O) groups excluding carboxylic acids is 1. The van der Waals surface area contributed by atoms with E-state index in [1.807, 2.05) is 11.8 Å². The summed E-state index contributed by atoms with van der Waals surface area (Å²) in [6.45, 7) is 4.64. The van der Waals surface area contributed by atoms with Crippen LogP contribution in [0.4, 0.5) is 0 Å². The molecule has 94 valence electrons. The molecule has 1 saturated heterocycles. The van der Waals surface area contributed by atoms with E-state index in [2.05, 4.69) is 15.5 Å². The van der Waals surface area contributed by atoms with Gasteiger partial charge >= 0.3 is 0 Å². The van der Waals surface area contributed by atoms with Crippen molar-refractivity contribution in [2.24, 2.45) is 7.05 Å². The van der Waals surface area contributed by atoms with Crippen molar-refractivity contribution < 1.29 is 4.79 Å². The number of aromatic nitrogens is 3. The van der Waals surface area contributed by atoms with Gasteiger partial charge in [0, 0.05) is 26.2 Å². The van der Waals surface area contributed by atoms with E-state index in [1.54, 1.807) is 7.05 Å². The molecule has 1 unspecified atom stereocenters. The average Bonchev–Trinajstić information content (AvgIpc) is 2.78. The first-order valence-corrected chi connectivity index (χ1v) is 6.10. The second-order valence-electron chi connectivity index (χ2n) is 4.31. The summed E-state index contributed by atoms with van der Waals surface area (Å²) < 4.78 is 0. The molecule has 6 heteroatoms. The van der Waals surface area contributed by atoms with Gasteiger partial charge in [-0.15, -0.1) is 5.10 Å². The quantitative estimate of drug-likeness (QED) is 0.805. The van der Waals surface area contributed by atoms with Crippen LogP contribution in [0.2, 0.25) is 0 Å². The van der Waals surface area contributed by atoms with Gasteiger partial charge in [0.2, 0.25) is 0 Å². The van der Waals surface area contributed by atoms with Crippen LogP contribution < -0.4 is 5.32 Å². The number of amides is 1. The molecule has 2 rings (SSSR count). The molecule has 17 heavy (non-hydrogen) atoms. The molecule has 0 aromatic carbocycles. The number of nitrogens with zero attached hydrogens (tertiary/aromatic N) is 4. The van der Waals surface area contributed by atoms with E-state index in [0.29, 0.717) is 12.2 Å². The largest absolute Gasteiger partial charge is 0.333 e. The molecule has 1 aliphatic heterocycles. The molecule has 1 aliphatic rings. The summed E-state index contributed by atoms with van der Waals surface area (Å²) in [6, 6.07) is 0.281. The first kappa shape index (κ1) is 12.0. The normalized spacial score (nSPS) is 20.2. The number of piperidine rings is 1. The van der Waals surface area contributed by atoms with Crippen LogP contribution in [-0.2, 0) is 7.05 Å². The minimum absolute atomic E-state index is 0.0192. The fourth-order valence-corrected chi connectivity index (χ4v) is 2.26. The maximum atomic E-state index is 12.3. The molecule has 0 aliphatic carbocycles. The van der Waals surface area contributed by atoms with Gasteiger partial charge in [0.05, 0.1) is 6.20 Å². The first-order chi connectivity index (χ1) is 8.22. The molecule has 0 saturated carbocycles. The predicted octanol–water partition coefficient (Wildman–Crippen LogP) is 0.0292. The number of likely N-dealkylation sites (N-methyl/N-ethyl adjacent to an activating group) is 1. The lowest BCUT2D eigenvalue weighted by atomic mass is 10.1. The topological polar surface area (TPSA) is 63.1 Å². The number of carbonyl (C=O) groups is 1. The standard InChI is InChI=1S/C11H19N5O/c1-3-16(9-5-4-6-12-7-9)11(17)10-8-13-15(2)14-10/h8-9,12H,3-7H2,1-2H3. The van der Waals surface area contributed by atoms with Crippen LogP contribution in [0.25, 0.3) is 0 Å². The van der Waals surface area contributed by atoms with Gasteiger partial charge in [-0.1, -0.05) is 0 Å². The van der Waals surface area contributed by atoms with Crippen molar-refractivity contribution in [1.29, 1.82) is 0 Å². The molecule has 1 fully saturated rings. The van der Waals surface area contributed by atoms with Crippen LogP contribution in [0.5, 0.6) is 0 Å². The number of aryl methyl sites for hydroxylation is 1. The van der Waals surface area contributed by atoms with Crippen molar-refractivity contribution in [3.8, 4) is 0 Å². The van der Waals surface area contributed by atoms with E-state index in [0.717, 1.165) is 25.9 Å². The molecule has 6 nitrogen and oxygen atoms in total. The number of hydrogen-bond acceptors (Lipinski definition) is 4. The molecule has 1 aromatic heterocycles. The Morgan fingerprint density at radius 2 is 2.53 bits per heavy atom. The van der Waals surface area contributed by atoms with E-state index in [1.165, 1.54) is 11.0 Å². The van der Waals surface area contributed by atoms with Gasteiger partial charge < -0.3 is 10.2 Å². The summed E-state index contributed by atoms with van der Waals surface area (Å²) in [6.07, 6.45) is 3.71. The SMILES string of the molecule is CCN(C(=O)c1cnn(C)n1)C1CCCNC1. The van der Waals surface area contributed by atoms with E-state index >= 15 is 0 Å². The highest BCUT2D eigenvalue weighted by Gasteiger charge is 2.26. The molecule has 0 spiro atoms. The first-order valence-electron chi connectivity index (χ1n) is 6.10. The Morgan fingerprint density at radius 3 is 3.06 bits per heavy atom. The lowest BCUT2D eigenvalue weighted by Crippen LogP contribution is -2.48. The Morgan fingerprint density at radius 1 is 1.71 bits per heavy atom. The van der Waals surface area contributed by atoms with Gasteiger partial charge in [-0.3, -0.25) is 4.79 Å². The average molecular weight is 237 g/mol. The van der Waals surface area contributed by atoms with Gasteiger partial charge in [-0.05, 0) is 26.3 Å². The van der Waals surface area contributed by atoms with Crippen molar-refractivity contribution in [2.45, 2.75) is 25.8 Å². The predicted molar refractivity (Wildman–Crippen MR) is 63.6 cm³/mol. The van der Waals surface area contributed by atoms with Crippen molar-refractivity contribution in [3.05, 3.63) is 11.9 Å². The number of hydrogen-bond donors (Lipinski definition) is 1. The van der Waals surface area contributed by atoms with Gasteiger partial charge in [0.1, 0.15) is 0 Å². The molecule has 1 N–H and O–H groups in total. The Labute approximate surface area is 101 Å². The minimum Gasteiger partial charge on any atom is -0.333 e. The second-order valence-corrected chi connectivity index (χ2v) is 4.31. The van der Waals surface area contributed by atoms with E-state index < -0.39 is 0 Å². The Kier molecular flexibility index (Phi) is 3.73. The fraction of sp³-hybridized carbons (Fsp3) is 0.727. The van der Waals surface area contributed by atoms with Crippen LogP contribution in [0.15, 0.2) is 6.20 Å². The lowest BCUT2D eigenvalue weighted by Gasteiger charge is -2.33. The smallest absolute Gasteiger partial charge is 0.276 e. The third kappa shape index (κ3) is 2.63. The van der Waals surface area contributed by atoms with E-state index in [4.69, 9.17) is 0 Å². The molecule has 0 bridgehead atoms. The Hall–Kier alpha value is -1.43. The van der Waals surface area contributed by atoms with Crippen molar-refractivity contribution >= 4 is 5.91 Å². The zero-order valence-electron chi connectivity index (χ0n) is 10.4. The van der Waals surface area contributed by atoms with E-state index in [-0.39, 0.29) is 11.9 Å². The highest BCUT2D eigenvalue weighted by Crippen LogP contribution is 2.12. The van der Waals surface area contributed by atoms with Gasteiger partial charge in [-0.25, -0.2) is 0 Å². The van der Waals surface area contributed by atoms with Crippen molar-refractivity contribution in [2.75, 3.05) is 19.6 Å². The van der Waals surface area contributed by atoms with Crippen LogP contribution in [0.1, 0.15) is 30.3 Å². The van der Waals surface area contributed by atoms with Gasteiger partial charge in [0.25, 0.3) is 5.91 Å². The fourth-order valence-electron chi connectivity index (χ4n) is 2.26.